The van der Waals surface area contributed by atoms with Gasteiger partial charge >= 0.3 is 0 Å². The molecule has 102 valence electrons. The Morgan fingerprint density at radius 3 is 2.84 bits per heavy atom. The molecule has 0 atom stereocenters. The summed E-state index contributed by atoms with van der Waals surface area (Å²) >= 11 is 5.81. The van der Waals surface area contributed by atoms with Crippen LogP contribution in [0.1, 0.15) is 5.56 Å². The summed E-state index contributed by atoms with van der Waals surface area (Å²) in [4.78, 5) is 4.14. The van der Waals surface area contributed by atoms with Crippen LogP contribution in [-0.4, -0.2) is 24.5 Å². The van der Waals surface area contributed by atoms with Crippen LogP contribution in [0.15, 0.2) is 41.8 Å². The lowest BCUT2D eigenvalue weighted by Gasteiger charge is -2.09. The molecule has 2 rings (SSSR count). The number of hydrogen-bond acceptors (Lipinski definition) is 3. The lowest BCUT2D eigenvalue weighted by atomic mass is 10.2. The molecule has 0 unspecified atom stereocenters. The zero-order chi connectivity index (χ0) is 13.9. The van der Waals surface area contributed by atoms with Crippen LogP contribution in [0.4, 0.5) is 0 Å². The summed E-state index contributed by atoms with van der Waals surface area (Å²) in [5, 5.41) is 0.523. The van der Waals surface area contributed by atoms with Gasteiger partial charge in [-0.1, -0.05) is 11.6 Å². The molecule has 5 nitrogen and oxygen atoms in total. The van der Waals surface area contributed by atoms with Crippen molar-refractivity contribution in [2.24, 2.45) is 0 Å². The normalized spacial score (nSPS) is 11.7. The Balaban J connectivity index is 2.05. The monoisotopic (exact) mass is 299 g/mol. The molecule has 0 saturated heterocycles. The molecule has 1 aromatic carbocycles. The Kier molecular flexibility index (Phi) is 4.24. The molecule has 0 bridgehead atoms. The van der Waals surface area contributed by atoms with Crippen LogP contribution in [0.25, 0.3) is 0 Å². The molecule has 1 N–H and O–H groups in total. The third kappa shape index (κ3) is 3.56. The second-order valence-corrected chi connectivity index (χ2v) is 6.28. The van der Waals surface area contributed by atoms with Crippen LogP contribution < -0.4 is 4.72 Å². The maximum absolute atomic E-state index is 12.1. The molecular formula is C12H14ClN3O2S. The van der Waals surface area contributed by atoms with Crippen LogP contribution >= 0.6 is 11.6 Å². The fourth-order valence-electron chi connectivity index (χ4n) is 1.72. The van der Waals surface area contributed by atoms with E-state index >= 15 is 0 Å². The molecule has 0 aliphatic carbocycles. The summed E-state index contributed by atoms with van der Waals surface area (Å²) < 4.78 is 28.6. The molecule has 2 aromatic rings. The van der Waals surface area contributed by atoms with Gasteiger partial charge in [-0.3, -0.25) is 0 Å². The second-order valence-electron chi connectivity index (χ2n) is 4.11. The summed E-state index contributed by atoms with van der Waals surface area (Å²) in [7, 11) is -3.50. The fraction of sp³-hybridized carbons (Fsp3) is 0.250. The minimum Gasteiger partial charge on any atom is -0.336 e. The summed E-state index contributed by atoms with van der Waals surface area (Å²) in [6, 6.07) is 4.71. The van der Waals surface area contributed by atoms with Crippen molar-refractivity contribution in [1.82, 2.24) is 14.3 Å². The van der Waals surface area contributed by atoms with Crippen molar-refractivity contribution >= 4 is 21.6 Å². The van der Waals surface area contributed by atoms with Crippen molar-refractivity contribution in [3.63, 3.8) is 0 Å². The summed E-state index contributed by atoms with van der Waals surface area (Å²) in [6.45, 7) is 2.56. The molecular weight excluding hydrogens is 286 g/mol. The van der Waals surface area contributed by atoms with E-state index in [0.717, 1.165) is 0 Å². The predicted octanol–water partition coefficient (Wildman–Crippen LogP) is 1.82. The molecule has 7 heteroatoms. The van der Waals surface area contributed by atoms with E-state index in [1.807, 2.05) is 0 Å². The largest absolute Gasteiger partial charge is 0.336 e. The standard InChI is InChI=1S/C12H14ClN3O2S/c1-10-8-11(13)2-3-12(10)19(17,18)15-5-7-16-6-4-14-9-16/h2-4,6,8-9,15H,5,7H2,1H3. The number of nitrogens with one attached hydrogen (secondary N) is 1. The first-order valence-corrected chi connectivity index (χ1v) is 7.57. The molecule has 0 spiro atoms. The highest BCUT2D eigenvalue weighted by Crippen LogP contribution is 2.19. The number of aromatic nitrogens is 2. The number of imidazole rings is 1. The van der Waals surface area contributed by atoms with Crippen molar-refractivity contribution in [2.75, 3.05) is 6.54 Å². The van der Waals surface area contributed by atoms with Gasteiger partial charge in [-0.05, 0) is 30.7 Å². The minimum absolute atomic E-state index is 0.252. The third-order valence-electron chi connectivity index (χ3n) is 2.65. The number of rotatable bonds is 5. The van der Waals surface area contributed by atoms with Crippen LogP contribution in [0, 0.1) is 6.92 Å². The zero-order valence-corrected chi connectivity index (χ0v) is 11.9. The molecule has 0 aliphatic rings. The average molecular weight is 300 g/mol. The van der Waals surface area contributed by atoms with E-state index in [0.29, 0.717) is 23.7 Å². The molecule has 0 amide bonds. The molecule has 1 aromatic heterocycles. The SMILES string of the molecule is Cc1cc(Cl)ccc1S(=O)(=O)NCCn1ccnc1. The van der Waals surface area contributed by atoms with Crippen molar-refractivity contribution < 1.29 is 8.42 Å². The molecule has 0 fully saturated rings. The van der Waals surface area contributed by atoms with Crippen molar-refractivity contribution in [2.45, 2.75) is 18.4 Å². The van der Waals surface area contributed by atoms with Gasteiger partial charge in [-0.25, -0.2) is 18.1 Å². The number of halogens is 1. The number of aryl methyl sites for hydroxylation is 1. The first kappa shape index (κ1) is 14.0. The fourth-order valence-corrected chi connectivity index (χ4v) is 3.19. The minimum atomic E-state index is -3.50. The van der Waals surface area contributed by atoms with Crippen LogP contribution in [0.5, 0.6) is 0 Å². The van der Waals surface area contributed by atoms with Gasteiger partial charge in [0.25, 0.3) is 0 Å². The third-order valence-corrected chi connectivity index (χ3v) is 4.50. The van der Waals surface area contributed by atoms with Crippen molar-refractivity contribution in [3.8, 4) is 0 Å². The Morgan fingerprint density at radius 1 is 1.42 bits per heavy atom. The van der Waals surface area contributed by atoms with Crippen molar-refractivity contribution in [1.29, 1.82) is 0 Å². The van der Waals surface area contributed by atoms with Crippen molar-refractivity contribution in [3.05, 3.63) is 47.5 Å². The van der Waals surface area contributed by atoms with E-state index in [9.17, 15) is 8.42 Å². The lowest BCUT2D eigenvalue weighted by Crippen LogP contribution is -2.27. The second kappa shape index (κ2) is 5.73. The molecule has 19 heavy (non-hydrogen) atoms. The molecule has 0 radical (unpaired) electrons. The Labute approximate surface area is 117 Å². The van der Waals surface area contributed by atoms with E-state index in [-0.39, 0.29) is 4.90 Å². The maximum Gasteiger partial charge on any atom is 0.240 e. The summed E-state index contributed by atoms with van der Waals surface area (Å²) in [5.74, 6) is 0. The lowest BCUT2D eigenvalue weighted by molar-refractivity contribution is 0.572. The Bertz CT molecular complexity index is 654. The van der Waals surface area contributed by atoms with Gasteiger partial charge < -0.3 is 4.57 Å². The Morgan fingerprint density at radius 2 is 2.21 bits per heavy atom. The molecule has 0 aliphatic heterocycles. The van der Waals surface area contributed by atoms with Gasteiger partial charge in [0.05, 0.1) is 11.2 Å². The Hall–Kier alpha value is -1.37. The van der Waals surface area contributed by atoms with Gasteiger partial charge in [-0.15, -0.1) is 0 Å². The van der Waals surface area contributed by atoms with Gasteiger partial charge in [0, 0.05) is 30.5 Å². The number of nitrogens with zero attached hydrogens (tertiary/aromatic N) is 2. The van der Waals surface area contributed by atoms with E-state index in [1.54, 1.807) is 42.3 Å². The van der Waals surface area contributed by atoms with Crippen LogP contribution in [0.3, 0.4) is 0 Å². The first-order chi connectivity index (χ1) is 8.99. The number of sulfonamides is 1. The highest BCUT2D eigenvalue weighted by Gasteiger charge is 2.16. The van der Waals surface area contributed by atoms with Gasteiger partial charge in [0.2, 0.25) is 10.0 Å². The van der Waals surface area contributed by atoms with E-state index in [4.69, 9.17) is 11.6 Å². The topological polar surface area (TPSA) is 64.0 Å². The smallest absolute Gasteiger partial charge is 0.240 e. The maximum atomic E-state index is 12.1. The number of benzene rings is 1. The highest BCUT2D eigenvalue weighted by molar-refractivity contribution is 7.89. The predicted molar refractivity (Wildman–Crippen MR) is 73.6 cm³/mol. The van der Waals surface area contributed by atoms with Crippen LogP contribution in [-0.2, 0) is 16.6 Å². The highest BCUT2D eigenvalue weighted by atomic mass is 35.5. The van der Waals surface area contributed by atoms with E-state index in [2.05, 4.69) is 9.71 Å². The molecule has 1 heterocycles. The van der Waals surface area contributed by atoms with Gasteiger partial charge in [-0.2, -0.15) is 0 Å². The van der Waals surface area contributed by atoms with Gasteiger partial charge in [0.1, 0.15) is 0 Å². The van der Waals surface area contributed by atoms with Gasteiger partial charge in [0.15, 0.2) is 0 Å². The first-order valence-electron chi connectivity index (χ1n) is 5.70. The molecule has 0 saturated carbocycles. The van der Waals surface area contributed by atoms with Crippen LogP contribution in [0.2, 0.25) is 5.02 Å². The number of hydrogen-bond donors (Lipinski definition) is 1. The average Bonchev–Trinajstić information content (AvgIpc) is 2.81. The zero-order valence-electron chi connectivity index (χ0n) is 10.4. The summed E-state index contributed by atoms with van der Waals surface area (Å²) in [5.41, 5.74) is 0.627. The van der Waals surface area contributed by atoms with E-state index in [1.165, 1.54) is 6.07 Å². The summed E-state index contributed by atoms with van der Waals surface area (Å²) in [6.07, 6.45) is 5.07. The quantitative estimate of drug-likeness (QED) is 0.916. The van der Waals surface area contributed by atoms with E-state index < -0.39 is 10.0 Å².